The lowest BCUT2D eigenvalue weighted by Crippen LogP contribution is -2.23. The van der Waals surface area contributed by atoms with Gasteiger partial charge in [0.05, 0.1) is 19.8 Å². The molecule has 0 spiro atoms. The van der Waals surface area contributed by atoms with Crippen LogP contribution in [-0.2, 0) is 11.3 Å². The normalized spacial score (nSPS) is 11.1. The molecule has 1 N–H and O–H groups in total. The molecule has 17 heavy (non-hydrogen) atoms. The van der Waals surface area contributed by atoms with Crippen LogP contribution in [0.25, 0.3) is 0 Å². The van der Waals surface area contributed by atoms with E-state index in [0.717, 1.165) is 12.1 Å². The zero-order chi connectivity index (χ0) is 12.7. The molecule has 0 aliphatic carbocycles. The average molecular weight is 279 g/mol. The van der Waals surface area contributed by atoms with Crippen molar-refractivity contribution in [1.29, 1.82) is 0 Å². The third-order valence-corrected chi connectivity index (χ3v) is 2.72. The Bertz CT molecular complexity index is 350. The second-order valence-electron chi connectivity index (χ2n) is 3.66. The number of rotatable bonds is 7. The molecule has 96 valence electrons. The number of pyridine rings is 1. The van der Waals surface area contributed by atoms with E-state index in [1.165, 1.54) is 0 Å². The van der Waals surface area contributed by atoms with Crippen molar-refractivity contribution in [2.24, 2.45) is 0 Å². The van der Waals surface area contributed by atoms with E-state index in [2.05, 4.69) is 9.88 Å². The van der Waals surface area contributed by atoms with Crippen molar-refractivity contribution in [2.75, 3.05) is 33.4 Å². The predicted molar refractivity (Wildman–Crippen MR) is 68.5 cm³/mol. The lowest BCUT2D eigenvalue weighted by molar-refractivity contribution is 0.0773. The molecular weight excluding hydrogens is 263 g/mol. The van der Waals surface area contributed by atoms with Gasteiger partial charge in [-0.05, 0) is 13.1 Å². The standard InChI is InChI=1S/C11H16Cl2N2O2/c1-15(4-6-17-7-5-16)8-9-2-3-10(12)14-11(9)13/h2-3,16H,4-8H2,1H3. The third kappa shape index (κ3) is 5.66. The topological polar surface area (TPSA) is 45.6 Å². The van der Waals surface area contributed by atoms with E-state index in [-0.39, 0.29) is 6.61 Å². The maximum absolute atomic E-state index is 8.55. The maximum Gasteiger partial charge on any atom is 0.135 e. The van der Waals surface area contributed by atoms with E-state index in [0.29, 0.717) is 30.1 Å². The molecule has 0 aromatic carbocycles. The Labute approximate surface area is 111 Å². The predicted octanol–water partition coefficient (Wildman–Crippen LogP) is 1.83. The zero-order valence-electron chi connectivity index (χ0n) is 9.70. The minimum Gasteiger partial charge on any atom is -0.394 e. The van der Waals surface area contributed by atoms with Crippen LogP contribution < -0.4 is 0 Å². The number of aromatic nitrogens is 1. The van der Waals surface area contributed by atoms with Crippen LogP contribution in [0.2, 0.25) is 10.3 Å². The first kappa shape index (κ1) is 14.7. The number of hydrogen-bond acceptors (Lipinski definition) is 4. The van der Waals surface area contributed by atoms with Crippen molar-refractivity contribution in [3.8, 4) is 0 Å². The number of halogens is 2. The first-order valence-electron chi connectivity index (χ1n) is 5.31. The van der Waals surface area contributed by atoms with Gasteiger partial charge in [-0.15, -0.1) is 0 Å². The van der Waals surface area contributed by atoms with Gasteiger partial charge in [-0.25, -0.2) is 4.98 Å². The fourth-order valence-corrected chi connectivity index (χ4v) is 1.72. The van der Waals surface area contributed by atoms with Crippen LogP contribution in [0.4, 0.5) is 0 Å². The van der Waals surface area contributed by atoms with Gasteiger partial charge in [0.1, 0.15) is 10.3 Å². The summed E-state index contributed by atoms with van der Waals surface area (Å²) >= 11 is 11.7. The Morgan fingerprint density at radius 3 is 2.76 bits per heavy atom. The van der Waals surface area contributed by atoms with Gasteiger partial charge >= 0.3 is 0 Å². The van der Waals surface area contributed by atoms with Gasteiger partial charge in [0.25, 0.3) is 0 Å². The van der Waals surface area contributed by atoms with E-state index >= 15 is 0 Å². The van der Waals surface area contributed by atoms with Crippen LogP contribution in [0.1, 0.15) is 5.56 Å². The summed E-state index contributed by atoms with van der Waals surface area (Å²) < 4.78 is 5.18. The minimum atomic E-state index is 0.0522. The Morgan fingerprint density at radius 1 is 1.35 bits per heavy atom. The minimum absolute atomic E-state index is 0.0522. The Hall–Kier alpha value is -0.390. The number of aliphatic hydroxyl groups excluding tert-OH is 1. The van der Waals surface area contributed by atoms with Crippen LogP contribution in [0.5, 0.6) is 0 Å². The summed E-state index contributed by atoms with van der Waals surface area (Å²) in [5.74, 6) is 0. The highest BCUT2D eigenvalue weighted by Gasteiger charge is 2.06. The van der Waals surface area contributed by atoms with Crippen LogP contribution in [0.15, 0.2) is 12.1 Å². The van der Waals surface area contributed by atoms with Gasteiger partial charge in [0.2, 0.25) is 0 Å². The molecule has 1 aromatic rings. The van der Waals surface area contributed by atoms with E-state index in [1.807, 2.05) is 13.1 Å². The van der Waals surface area contributed by atoms with Gasteiger partial charge in [-0.1, -0.05) is 29.3 Å². The van der Waals surface area contributed by atoms with Crippen LogP contribution in [0.3, 0.4) is 0 Å². The van der Waals surface area contributed by atoms with Crippen molar-refractivity contribution in [1.82, 2.24) is 9.88 Å². The lowest BCUT2D eigenvalue weighted by atomic mass is 10.2. The molecule has 0 saturated carbocycles. The highest BCUT2D eigenvalue weighted by molar-refractivity contribution is 6.32. The molecule has 0 atom stereocenters. The molecule has 0 aliphatic rings. The van der Waals surface area contributed by atoms with E-state index in [4.69, 9.17) is 33.0 Å². The third-order valence-electron chi connectivity index (χ3n) is 2.19. The summed E-state index contributed by atoms with van der Waals surface area (Å²) in [5, 5.41) is 9.38. The molecule has 1 aromatic heterocycles. The highest BCUT2D eigenvalue weighted by Crippen LogP contribution is 2.17. The summed E-state index contributed by atoms with van der Waals surface area (Å²) in [7, 11) is 1.97. The SMILES string of the molecule is CN(CCOCCO)Cc1ccc(Cl)nc1Cl. The van der Waals surface area contributed by atoms with Crippen molar-refractivity contribution in [2.45, 2.75) is 6.54 Å². The quantitative estimate of drug-likeness (QED) is 0.611. The molecular formula is C11H16Cl2N2O2. The van der Waals surface area contributed by atoms with Gasteiger partial charge in [0.15, 0.2) is 0 Å². The second-order valence-corrected chi connectivity index (χ2v) is 4.40. The number of likely N-dealkylation sites (N-methyl/N-ethyl adjacent to an activating group) is 1. The Morgan fingerprint density at radius 2 is 2.12 bits per heavy atom. The van der Waals surface area contributed by atoms with Gasteiger partial charge in [-0.2, -0.15) is 0 Å². The molecule has 6 heteroatoms. The summed E-state index contributed by atoms with van der Waals surface area (Å²) in [6.07, 6.45) is 0. The smallest absolute Gasteiger partial charge is 0.135 e. The van der Waals surface area contributed by atoms with Crippen molar-refractivity contribution < 1.29 is 9.84 Å². The van der Waals surface area contributed by atoms with E-state index in [1.54, 1.807) is 6.07 Å². The number of aliphatic hydroxyl groups is 1. The van der Waals surface area contributed by atoms with Gasteiger partial charge in [0, 0.05) is 18.7 Å². The summed E-state index contributed by atoms with van der Waals surface area (Å²) in [5.41, 5.74) is 0.931. The number of hydrogen-bond donors (Lipinski definition) is 1. The summed E-state index contributed by atoms with van der Waals surface area (Å²) in [6.45, 7) is 2.45. The van der Waals surface area contributed by atoms with E-state index < -0.39 is 0 Å². The Kier molecular flexibility index (Phi) is 6.77. The first-order chi connectivity index (χ1) is 8.13. The van der Waals surface area contributed by atoms with Crippen molar-refractivity contribution in [3.63, 3.8) is 0 Å². The number of nitrogens with zero attached hydrogens (tertiary/aromatic N) is 2. The van der Waals surface area contributed by atoms with Crippen molar-refractivity contribution >= 4 is 23.2 Å². The molecule has 0 fully saturated rings. The monoisotopic (exact) mass is 278 g/mol. The molecule has 4 nitrogen and oxygen atoms in total. The van der Waals surface area contributed by atoms with Crippen LogP contribution >= 0.6 is 23.2 Å². The zero-order valence-corrected chi connectivity index (χ0v) is 11.2. The largest absolute Gasteiger partial charge is 0.394 e. The van der Waals surface area contributed by atoms with E-state index in [9.17, 15) is 0 Å². The molecule has 1 rings (SSSR count). The highest BCUT2D eigenvalue weighted by atomic mass is 35.5. The molecule has 0 radical (unpaired) electrons. The molecule has 0 amide bonds. The van der Waals surface area contributed by atoms with Crippen LogP contribution in [-0.4, -0.2) is 48.4 Å². The summed E-state index contributed by atoms with van der Waals surface area (Å²) in [6, 6.07) is 3.58. The van der Waals surface area contributed by atoms with Crippen molar-refractivity contribution in [3.05, 3.63) is 28.0 Å². The van der Waals surface area contributed by atoms with Gasteiger partial charge < -0.3 is 9.84 Å². The number of ether oxygens (including phenoxy) is 1. The molecule has 0 saturated heterocycles. The molecule has 0 unspecified atom stereocenters. The molecule has 0 bridgehead atoms. The molecule has 0 aliphatic heterocycles. The summed E-state index contributed by atoms with van der Waals surface area (Å²) in [4.78, 5) is 6.04. The first-order valence-corrected chi connectivity index (χ1v) is 6.07. The van der Waals surface area contributed by atoms with Crippen LogP contribution in [0, 0.1) is 0 Å². The van der Waals surface area contributed by atoms with Gasteiger partial charge in [-0.3, -0.25) is 4.90 Å². The second kappa shape index (κ2) is 7.84. The molecule has 1 heterocycles. The average Bonchev–Trinajstić information content (AvgIpc) is 2.28. The fourth-order valence-electron chi connectivity index (χ4n) is 1.32. The fraction of sp³-hybridized carbons (Fsp3) is 0.545. The lowest BCUT2D eigenvalue weighted by Gasteiger charge is -2.17. The maximum atomic E-state index is 8.55. The Balaban J connectivity index is 2.37.